The maximum atomic E-state index is 5.51. The molecule has 3 heteroatoms. The van der Waals surface area contributed by atoms with Crippen molar-refractivity contribution in [1.29, 1.82) is 0 Å². The summed E-state index contributed by atoms with van der Waals surface area (Å²) in [6, 6.07) is 7.60. The van der Waals surface area contributed by atoms with E-state index in [-0.39, 0.29) is 18.9 Å². The molecule has 4 rings (SSSR count). The monoisotopic (exact) mass is 278 g/mol. The van der Waals surface area contributed by atoms with Gasteiger partial charge in [0.05, 0.1) is 7.11 Å². The molecule has 1 heterocycles. The van der Waals surface area contributed by atoms with Crippen LogP contribution in [0.15, 0.2) is 18.2 Å². The first kappa shape index (κ1) is 15.5. The molecular formula is C18H25LiNO+. The van der Waals surface area contributed by atoms with Gasteiger partial charge in [0, 0.05) is 11.5 Å². The molecule has 2 nitrogen and oxygen atoms in total. The molecule has 1 saturated carbocycles. The van der Waals surface area contributed by atoms with E-state index in [0.29, 0.717) is 5.41 Å². The maximum Gasteiger partial charge on any atom is 1.00 e. The molecule has 0 spiro atoms. The molecule has 3 aliphatic rings. The van der Waals surface area contributed by atoms with Gasteiger partial charge in [-0.05, 0) is 68.5 Å². The number of fused-ring (bicyclic) bond motifs is 1. The number of likely N-dealkylation sites (N-methyl/N-ethyl adjacent to an activating group) is 1. The van der Waals surface area contributed by atoms with Crippen molar-refractivity contribution >= 4 is 0 Å². The van der Waals surface area contributed by atoms with Crippen LogP contribution in [0, 0.1) is 5.92 Å². The third-order valence-corrected chi connectivity index (χ3v) is 6.32. The van der Waals surface area contributed by atoms with Gasteiger partial charge in [-0.1, -0.05) is 18.9 Å². The summed E-state index contributed by atoms with van der Waals surface area (Å²) in [5.74, 6) is 1.91. The van der Waals surface area contributed by atoms with Crippen LogP contribution >= 0.6 is 0 Å². The van der Waals surface area contributed by atoms with Crippen LogP contribution in [0.25, 0.3) is 0 Å². The molecule has 1 aromatic carbocycles. The van der Waals surface area contributed by atoms with Crippen molar-refractivity contribution in [3.63, 3.8) is 0 Å². The first-order valence-electron chi connectivity index (χ1n) is 8.12. The quantitative estimate of drug-likeness (QED) is 0.689. The molecule has 108 valence electrons. The third kappa shape index (κ3) is 2.19. The maximum absolute atomic E-state index is 5.51. The summed E-state index contributed by atoms with van der Waals surface area (Å²) in [5, 5.41) is 0. The fraction of sp³-hybridized carbons (Fsp3) is 0.667. The summed E-state index contributed by atoms with van der Waals surface area (Å²) in [6.45, 7) is 1.26. The van der Waals surface area contributed by atoms with Gasteiger partial charge in [-0.3, -0.25) is 0 Å². The molecule has 0 amide bonds. The number of piperidine rings is 1. The molecule has 2 fully saturated rings. The zero-order chi connectivity index (χ0) is 13.7. The van der Waals surface area contributed by atoms with Gasteiger partial charge in [0.1, 0.15) is 5.75 Å². The topological polar surface area (TPSA) is 12.5 Å². The van der Waals surface area contributed by atoms with Gasteiger partial charge in [0.25, 0.3) is 0 Å². The van der Waals surface area contributed by atoms with E-state index in [0.717, 1.165) is 17.7 Å². The zero-order valence-corrected chi connectivity index (χ0v) is 13.7. The Kier molecular flexibility index (Phi) is 4.16. The van der Waals surface area contributed by atoms with Crippen molar-refractivity contribution in [3.05, 3.63) is 29.3 Å². The van der Waals surface area contributed by atoms with Gasteiger partial charge in [0.15, 0.2) is 0 Å². The summed E-state index contributed by atoms with van der Waals surface area (Å²) in [6.07, 6.45) is 8.22. The van der Waals surface area contributed by atoms with Gasteiger partial charge in [-0.2, -0.15) is 0 Å². The van der Waals surface area contributed by atoms with Crippen molar-refractivity contribution in [1.82, 2.24) is 4.90 Å². The normalized spacial score (nSPS) is 34.4. The number of methoxy groups -OCH3 is 1. The zero-order valence-electron chi connectivity index (χ0n) is 13.7. The van der Waals surface area contributed by atoms with Gasteiger partial charge >= 0.3 is 18.9 Å². The van der Waals surface area contributed by atoms with E-state index < -0.39 is 0 Å². The summed E-state index contributed by atoms with van der Waals surface area (Å²) in [7, 11) is 4.12. The Hall–Kier alpha value is -0.423. The number of hydrogen-bond acceptors (Lipinski definition) is 2. The van der Waals surface area contributed by atoms with E-state index in [9.17, 15) is 0 Å². The Morgan fingerprint density at radius 3 is 2.90 bits per heavy atom. The SMILES string of the molecule is COc1ccc2c(c1)[C@]13CCCC[C@@H]1[C@H](C2)N(C)CC3.[Li+]. The van der Waals surface area contributed by atoms with E-state index in [2.05, 4.69) is 30.1 Å². The van der Waals surface area contributed by atoms with Crippen LogP contribution in [0.5, 0.6) is 5.75 Å². The predicted molar refractivity (Wildman–Crippen MR) is 81.4 cm³/mol. The third-order valence-electron chi connectivity index (χ3n) is 6.32. The van der Waals surface area contributed by atoms with E-state index in [1.807, 2.05) is 0 Å². The molecule has 2 bridgehead atoms. The van der Waals surface area contributed by atoms with Gasteiger partial charge in [-0.25, -0.2) is 0 Å². The van der Waals surface area contributed by atoms with Crippen LogP contribution in [0.3, 0.4) is 0 Å². The van der Waals surface area contributed by atoms with E-state index in [4.69, 9.17) is 4.74 Å². The minimum absolute atomic E-state index is 0. The largest absolute Gasteiger partial charge is 1.00 e. The second-order valence-electron chi connectivity index (χ2n) is 7.03. The number of likely N-dealkylation sites (tertiary alicyclic amines) is 1. The Bertz CT molecular complexity index is 532. The van der Waals surface area contributed by atoms with Crippen LogP contribution in [0.1, 0.15) is 43.2 Å². The summed E-state index contributed by atoms with van der Waals surface area (Å²) < 4.78 is 5.51. The number of benzene rings is 1. The smallest absolute Gasteiger partial charge is 0.497 e. The van der Waals surface area contributed by atoms with Crippen molar-refractivity contribution < 1.29 is 23.6 Å². The average Bonchev–Trinajstić information content (AvgIpc) is 2.50. The van der Waals surface area contributed by atoms with E-state index >= 15 is 0 Å². The molecule has 2 aliphatic carbocycles. The standard InChI is InChI=1S/C18H25NO.Li/c1-19-10-9-18-8-4-3-5-15(18)17(19)11-13-6-7-14(20-2)12-16(13)18;/h6-7,12,15,17H,3-5,8-11H2,1-2H3;/q;+1/t15-,17+,18+;/m1./s1. The second kappa shape index (κ2) is 5.65. The Morgan fingerprint density at radius 2 is 2.10 bits per heavy atom. The predicted octanol–water partition coefficient (Wildman–Crippen LogP) is 0.387. The molecule has 0 aromatic heterocycles. The van der Waals surface area contributed by atoms with Crippen LogP contribution in [-0.2, 0) is 11.8 Å². The van der Waals surface area contributed by atoms with Gasteiger partial charge in [0.2, 0.25) is 0 Å². The molecule has 1 aliphatic heterocycles. The first-order chi connectivity index (χ1) is 9.74. The fourth-order valence-electron chi connectivity index (χ4n) is 5.30. The van der Waals surface area contributed by atoms with Crippen molar-refractivity contribution in [2.45, 2.75) is 50.0 Å². The number of ether oxygens (including phenoxy) is 1. The minimum atomic E-state index is 0. The average molecular weight is 278 g/mol. The Balaban J connectivity index is 0.00000132. The van der Waals surface area contributed by atoms with E-state index in [1.165, 1.54) is 45.1 Å². The molecule has 1 aromatic rings. The van der Waals surface area contributed by atoms with Crippen LogP contribution in [0.2, 0.25) is 0 Å². The van der Waals surface area contributed by atoms with Gasteiger partial charge in [-0.15, -0.1) is 0 Å². The van der Waals surface area contributed by atoms with Crippen LogP contribution in [0.4, 0.5) is 0 Å². The summed E-state index contributed by atoms with van der Waals surface area (Å²) >= 11 is 0. The number of rotatable bonds is 1. The molecule has 0 N–H and O–H groups in total. The molecule has 0 unspecified atom stereocenters. The second-order valence-corrected chi connectivity index (χ2v) is 7.03. The van der Waals surface area contributed by atoms with Crippen molar-refractivity contribution in [2.75, 3.05) is 20.7 Å². The van der Waals surface area contributed by atoms with Crippen LogP contribution in [-0.4, -0.2) is 31.6 Å². The summed E-state index contributed by atoms with van der Waals surface area (Å²) in [5.41, 5.74) is 3.67. The first-order valence-corrected chi connectivity index (χ1v) is 8.12. The number of hydrogen-bond donors (Lipinski definition) is 0. The Morgan fingerprint density at radius 1 is 1.24 bits per heavy atom. The Labute approximate surface area is 140 Å². The van der Waals surface area contributed by atoms with Crippen LogP contribution < -0.4 is 23.6 Å². The minimum Gasteiger partial charge on any atom is -0.497 e. The van der Waals surface area contributed by atoms with Gasteiger partial charge < -0.3 is 9.64 Å². The molecule has 1 saturated heterocycles. The molecule has 21 heavy (non-hydrogen) atoms. The molecule has 0 radical (unpaired) electrons. The van der Waals surface area contributed by atoms with Crippen molar-refractivity contribution in [2.24, 2.45) is 5.92 Å². The number of nitrogens with zero attached hydrogens (tertiary/aromatic N) is 1. The van der Waals surface area contributed by atoms with E-state index in [1.54, 1.807) is 18.2 Å². The van der Waals surface area contributed by atoms with Crippen molar-refractivity contribution in [3.8, 4) is 5.75 Å². The molecular weight excluding hydrogens is 253 g/mol. The molecule has 3 atom stereocenters. The summed E-state index contributed by atoms with van der Waals surface area (Å²) in [4.78, 5) is 2.63. The fourth-order valence-corrected chi connectivity index (χ4v) is 5.30.